The molecule has 0 saturated carbocycles. The molecule has 0 aliphatic rings. The number of hydrogen-bond donors (Lipinski definition) is 0. The molecule has 0 aliphatic carbocycles. The van der Waals surface area contributed by atoms with E-state index < -0.39 is 6.72 Å². The molecule has 0 radical (unpaired) electrons. The average molecular weight is 168 g/mol. The van der Waals surface area contributed by atoms with Crippen LogP contribution in [-0.2, 0) is 9.09 Å². The Balaban J connectivity index is 3.75. The molecular formula is C4H7ClNO2P. The van der Waals surface area contributed by atoms with Crippen molar-refractivity contribution in [3.63, 3.8) is 0 Å². The maximum Gasteiger partial charge on any atom is 0.303 e. The molecule has 3 nitrogen and oxygen atoms in total. The molecule has 0 spiro atoms. The van der Waals surface area contributed by atoms with E-state index in [1.165, 1.54) is 0 Å². The summed E-state index contributed by atoms with van der Waals surface area (Å²) in [4.78, 5) is 0. The maximum atomic E-state index is 10.7. The first-order valence-corrected chi connectivity index (χ1v) is 5.14. The third-order valence-corrected chi connectivity index (χ3v) is 2.40. The van der Waals surface area contributed by atoms with E-state index >= 15 is 0 Å². The summed E-state index contributed by atoms with van der Waals surface area (Å²) >= 11 is 5.25. The van der Waals surface area contributed by atoms with Gasteiger partial charge in [-0.2, -0.15) is 5.26 Å². The van der Waals surface area contributed by atoms with Gasteiger partial charge in [0.15, 0.2) is 0 Å². The Bertz CT molecular complexity index is 164. The third kappa shape index (κ3) is 4.47. The Morgan fingerprint density at radius 2 is 2.44 bits per heavy atom. The Morgan fingerprint density at radius 3 is 2.78 bits per heavy atom. The van der Waals surface area contributed by atoms with Crippen molar-refractivity contribution in [3.8, 4) is 6.07 Å². The van der Waals surface area contributed by atoms with Gasteiger partial charge in [-0.25, -0.2) is 0 Å². The number of nitrogens with zero attached hydrogens (tertiary/aromatic N) is 1. The van der Waals surface area contributed by atoms with Crippen LogP contribution in [0.25, 0.3) is 0 Å². The van der Waals surface area contributed by atoms with Gasteiger partial charge in [-0.15, -0.1) is 0 Å². The Kier molecular flexibility index (Phi) is 3.88. The summed E-state index contributed by atoms with van der Waals surface area (Å²) in [5.74, 6) is 0. The van der Waals surface area contributed by atoms with Crippen LogP contribution in [0.3, 0.4) is 0 Å². The van der Waals surface area contributed by atoms with Crippen LogP contribution < -0.4 is 0 Å². The molecule has 9 heavy (non-hydrogen) atoms. The molecule has 0 aromatic rings. The van der Waals surface area contributed by atoms with E-state index in [2.05, 4.69) is 4.52 Å². The monoisotopic (exact) mass is 167 g/mol. The molecule has 0 aromatic heterocycles. The molecule has 0 amide bonds. The molecule has 0 bridgehead atoms. The van der Waals surface area contributed by atoms with Crippen LogP contribution in [-0.4, -0.2) is 12.8 Å². The van der Waals surface area contributed by atoms with Crippen molar-refractivity contribution in [1.82, 2.24) is 0 Å². The second-order valence-corrected chi connectivity index (χ2v) is 4.62. The SMILES string of the molecule is CCOP(=O)(Cl)CC#N. The Hall–Kier alpha value is -0.0300. The van der Waals surface area contributed by atoms with Gasteiger partial charge in [0.1, 0.15) is 6.16 Å². The summed E-state index contributed by atoms with van der Waals surface area (Å²) in [6.07, 6.45) is -0.220. The van der Waals surface area contributed by atoms with E-state index in [-0.39, 0.29) is 12.8 Å². The van der Waals surface area contributed by atoms with Crippen LogP contribution in [0.1, 0.15) is 6.92 Å². The van der Waals surface area contributed by atoms with Gasteiger partial charge in [-0.3, -0.25) is 4.57 Å². The second kappa shape index (κ2) is 3.90. The predicted octanol–water partition coefficient (Wildman–Crippen LogP) is 1.98. The third-order valence-electron chi connectivity index (χ3n) is 0.581. The largest absolute Gasteiger partial charge is 0.317 e. The first-order valence-electron chi connectivity index (χ1n) is 2.42. The summed E-state index contributed by atoms with van der Waals surface area (Å²) in [7, 11) is 0. The minimum Gasteiger partial charge on any atom is -0.317 e. The van der Waals surface area contributed by atoms with Gasteiger partial charge in [0.2, 0.25) is 0 Å². The summed E-state index contributed by atoms with van der Waals surface area (Å²) < 4.78 is 15.3. The lowest BCUT2D eigenvalue weighted by molar-refractivity contribution is 0.347. The van der Waals surface area contributed by atoms with Crippen LogP contribution >= 0.6 is 18.0 Å². The second-order valence-electron chi connectivity index (χ2n) is 1.32. The lowest BCUT2D eigenvalue weighted by Gasteiger charge is -2.02. The van der Waals surface area contributed by atoms with Crippen molar-refractivity contribution in [1.29, 1.82) is 5.26 Å². The minimum atomic E-state index is -3.08. The normalized spacial score (nSPS) is 16.1. The molecule has 0 fully saturated rings. The molecular weight excluding hydrogens is 160 g/mol. The molecule has 1 unspecified atom stereocenters. The first kappa shape index (κ1) is 8.97. The van der Waals surface area contributed by atoms with Gasteiger partial charge in [0.25, 0.3) is 0 Å². The fourth-order valence-electron chi connectivity index (χ4n) is 0.323. The number of nitriles is 1. The standard InChI is InChI=1S/C4H7ClNO2P/c1-2-8-9(5,7)4-3-6/h2,4H2,1H3. The van der Waals surface area contributed by atoms with E-state index in [9.17, 15) is 4.57 Å². The van der Waals surface area contributed by atoms with Gasteiger partial charge < -0.3 is 4.52 Å². The van der Waals surface area contributed by atoms with Crippen molar-refractivity contribution >= 4 is 18.0 Å². The van der Waals surface area contributed by atoms with Gasteiger partial charge in [-0.1, -0.05) is 0 Å². The Labute approximate surface area is 58.8 Å². The van der Waals surface area contributed by atoms with E-state index in [1.807, 2.05) is 0 Å². The summed E-state index contributed by atoms with van der Waals surface area (Å²) in [6, 6.07) is 1.67. The number of rotatable bonds is 3. The van der Waals surface area contributed by atoms with E-state index in [1.54, 1.807) is 13.0 Å². The minimum absolute atomic E-state index is 0.220. The molecule has 0 N–H and O–H groups in total. The maximum absolute atomic E-state index is 10.7. The van der Waals surface area contributed by atoms with E-state index in [0.29, 0.717) is 0 Å². The van der Waals surface area contributed by atoms with Crippen LogP contribution in [0.15, 0.2) is 0 Å². The van der Waals surface area contributed by atoms with Crippen LogP contribution in [0.5, 0.6) is 0 Å². The smallest absolute Gasteiger partial charge is 0.303 e. The van der Waals surface area contributed by atoms with Crippen molar-refractivity contribution in [2.45, 2.75) is 6.92 Å². The van der Waals surface area contributed by atoms with Crippen LogP contribution in [0.4, 0.5) is 0 Å². The molecule has 0 rings (SSSR count). The summed E-state index contributed by atoms with van der Waals surface area (Å²) in [6.45, 7) is -1.13. The van der Waals surface area contributed by atoms with Gasteiger partial charge in [0, 0.05) is 0 Å². The van der Waals surface area contributed by atoms with E-state index in [4.69, 9.17) is 16.5 Å². The lowest BCUT2D eigenvalue weighted by Crippen LogP contribution is -1.85. The fourth-order valence-corrected chi connectivity index (χ4v) is 1.42. The van der Waals surface area contributed by atoms with Crippen molar-refractivity contribution in [2.75, 3.05) is 12.8 Å². The highest BCUT2D eigenvalue weighted by molar-refractivity contribution is 7.85. The quantitative estimate of drug-likeness (QED) is 0.604. The van der Waals surface area contributed by atoms with Crippen molar-refractivity contribution in [2.24, 2.45) is 0 Å². The molecule has 0 saturated heterocycles. The zero-order valence-electron chi connectivity index (χ0n) is 5.00. The molecule has 0 aliphatic heterocycles. The van der Waals surface area contributed by atoms with Gasteiger partial charge >= 0.3 is 6.72 Å². The van der Waals surface area contributed by atoms with Gasteiger partial charge in [0.05, 0.1) is 12.7 Å². The predicted molar refractivity (Wildman–Crippen MR) is 35.6 cm³/mol. The number of hydrogen-bond acceptors (Lipinski definition) is 3. The van der Waals surface area contributed by atoms with E-state index in [0.717, 1.165) is 0 Å². The highest BCUT2D eigenvalue weighted by Crippen LogP contribution is 2.51. The topological polar surface area (TPSA) is 50.1 Å². The molecule has 52 valence electrons. The van der Waals surface area contributed by atoms with Crippen LogP contribution in [0, 0.1) is 11.3 Å². The highest BCUT2D eigenvalue weighted by atomic mass is 35.7. The molecule has 0 heterocycles. The summed E-state index contributed by atoms with van der Waals surface area (Å²) in [5.41, 5.74) is 0. The number of halogens is 1. The zero-order valence-corrected chi connectivity index (χ0v) is 6.65. The zero-order chi connectivity index (χ0) is 7.33. The fraction of sp³-hybridized carbons (Fsp3) is 0.750. The van der Waals surface area contributed by atoms with Crippen molar-refractivity contribution < 1.29 is 9.09 Å². The van der Waals surface area contributed by atoms with Gasteiger partial charge in [-0.05, 0) is 18.2 Å². The first-order chi connectivity index (χ1) is 4.12. The van der Waals surface area contributed by atoms with Crippen LogP contribution in [0.2, 0.25) is 0 Å². The average Bonchev–Trinajstić information content (AvgIpc) is 1.64. The lowest BCUT2D eigenvalue weighted by atomic mass is 10.9. The highest BCUT2D eigenvalue weighted by Gasteiger charge is 2.16. The van der Waals surface area contributed by atoms with Crippen molar-refractivity contribution in [3.05, 3.63) is 0 Å². The molecule has 1 atom stereocenters. The Morgan fingerprint density at radius 1 is 1.89 bits per heavy atom. The molecule has 5 heteroatoms. The summed E-state index contributed by atoms with van der Waals surface area (Å²) in [5, 5.41) is 8.04. The molecule has 0 aromatic carbocycles.